The third-order valence-corrected chi connectivity index (χ3v) is 4.92. The number of halogens is 1. The van der Waals surface area contributed by atoms with E-state index in [-0.39, 0.29) is 6.04 Å². The van der Waals surface area contributed by atoms with Crippen LogP contribution in [0.15, 0.2) is 10.7 Å². The van der Waals surface area contributed by atoms with Crippen molar-refractivity contribution in [3.8, 4) is 0 Å². The molecular formula is C13H21BrN4O2. The Kier molecular flexibility index (Phi) is 4.42. The van der Waals surface area contributed by atoms with E-state index in [4.69, 9.17) is 4.74 Å². The molecule has 0 amide bonds. The average Bonchev–Trinajstić information content (AvgIpc) is 2.86. The van der Waals surface area contributed by atoms with Gasteiger partial charge < -0.3 is 9.84 Å². The molecule has 3 fully saturated rings. The first-order chi connectivity index (χ1) is 9.70. The second kappa shape index (κ2) is 6.11. The molecule has 4 heterocycles. The molecular weight excluding hydrogens is 324 g/mol. The van der Waals surface area contributed by atoms with E-state index < -0.39 is 6.10 Å². The van der Waals surface area contributed by atoms with E-state index in [9.17, 15) is 5.11 Å². The molecule has 2 atom stereocenters. The molecule has 112 valence electrons. The van der Waals surface area contributed by atoms with Gasteiger partial charge in [0.25, 0.3) is 0 Å². The van der Waals surface area contributed by atoms with E-state index in [1.807, 2.05) is 4.68 Å². The monoisotopic (exact) mass is 344 g/mol. The minimum Gasteiger partial charge on any atom is -0.385 e. The fraction of sp³-hybridized carbons (Fsp3) is 0.769. The van der Waals surface area contributed by atoms with Crippen molar-refractivity contribution in [1.29, 1.82) is 0 Å². The molecule has 1 aromatic rings. The van der Waals surface area contributed by atoms with Gasteiger partial charge in [-0.05, 0) is 15.9 Å². The highest BCUT2D eigenvalue weighted by molar-refractivity contribution is 9.10. The summed E-state index contributed by atoms with van der Waals surface area (Å²) in [5, 5.41) is 15.1. The average molecular weight is 345 g/mol. The van der Waals surface area contributed by atoms with E-state index in [0.717, 1.165) is 42.9 Å². The Labute approximate surface area is 127 Å². The van der Waals surface area contributed by atoms with Gasteiger partial charge in [-0.15, -0.1) is 0 Å². The first-order valence-corrected chi connectivity index (χ1v) is 7.84. The zero-order chi connectivity index (χ0) is 14.1. The Hall–Kier alpha value is -0.470. The van der Waals surface area contributed by atoms with Gasteiger partial charge in [-0.2, -0.15) is 5.10 Å². The Bertz CT molecular complexity index is 459. The van der Waals surface area contributed by atoms with E-state index in [1.54, 1.807) is 13.3 Å². The molecule has 2 unspecified atom stereocenters. The maximum Gasteiger partial charge on any atom is 0.113 e. The van der Waals surface area contributed by atoms with Crippen molar-refractivity contribution in [3.63, 3.8) is 0 Å². The van der Waals surface area contributed by atoms with Crippen molar-refractivity contribution in [3.05, 3.63) is 16.4 Å². The molecule has 20 heavy (non-hydrogen) atoms. The molecule has 4 rings (SSSR count). The molecule has 3 aliphatic rings. The summed E-state index contributed by atoms with van der Waals surface area (Å²) < 4.78 is 7.83. The van der Waals surface area contributed by atoms with Gasteiger partial charge in [0, 0.05) is 39.8 Å². The third-order valence-electron chi connectivity index (χ3n) is 4.31. The maximum atomic E-state index is 10.8. The van der Waals surface area contributed by atoms with E-state index in [0.29, 0.717) is 13.2 Å². The molecule has 7 heteroatoms. The number of aliphatic hydroxyl groups is 1. The Morgan fingerprint density at radius 2 is 2.20 bits per heavy atom. The molecule has 0 saturated carbocycles. The van der Waals surface area contributed by atoms with E-state index in [2.05, 4.69) is 30.8 Å². The van der Waals surface area contributed by atoms with Crippen LogP contribution in [-0.4, -0.2) is 77.2 Å². The largest absolute Gasteiger partial charge is 0.385 e. The van der Waals surface area contributed by atoms with Gasteiger partial charge in [0.05, 0.1) is 35.6 Å². The molecule has 0 aliphatic carbocycles. The molecule has 2 bridgehead atoms. The van der Waals surface area contributed by atoms with E-state index >= 15 is 0 Å². The first kappa shape index (κ1) is 14.5. The number of methoxy groups -OCH3 is 1. The molecule has 1 N–H and O–H groups in total. The minimum absolute atomic E-state index is 0.159. The highest BCUT2D eigenvalue weighted by atomic mass is 79.9. The van der Waals surface area contributed by atoms with Gasteiger partial charge in [-0.1, -0.05) is 0 Å². The Morgan fingerprint density at radius 1 is 1.45 bits per heavy atom. The van der Waals surface area contributed by atoms with Crippen molar-refractivity contribution in [2.45, 2.75) is 18.7 Å². The minimum atomic E-state index is -0.521. The second-order valence-electron chi connectivity index (χ2n) is 5.44. The standard InChI is InChI=1S/C13H21BrN4O2/c1-20-7-6-18-12(10(14)8-15-18)13(19)11-9-16-2-4-17(11)5-3-16/h8,11,13,19H,2-7,9H2,1H3. The number of nitrogens with zero attached hydrogens (tertiary/aromatic N) is 4. The number of fused-ring (bicyclic) bond motifs is 3. The SMILES string of the molecule is COCCn1ncc(Br)c1C(O)C1CN2CCN1CC2. The van der Waals surface area contributed by atoms with Crippen LogP contribution in [0.2, 0.25) is 0 Å². The fourth-order valence-corrected chi connectivity index (χ4v) is 3.69. The number of aromatic nitrogens is 2. The summed E-state index contributed by atoms with van der Waals surface area (Å²) in [6.45, 7) is 6.51. The van der Waals surface area contributed by atoms with Crippen LogP contribution in [0.3, 0.4) is 0 Å². The zero-order valence-corrected chi connectivity index (χ0v) is 13.3. The molecule has 3 saturated heterocycles. The molecule has 3 aliphatic heterocycles. The lowest BCUT2D eigenvalue weighted by molar-refractivity contribution is -0.0500. The van der Waals surface area contributed by atoms with Crippen molar-refractivity contribution >= 4 is 15.9 Å². The number of aliphatic hydroxyl groups excluding tert-OH is 1. The summed E-state index contributed by atoms with van der Waals surface area (Å²) in [7, 11) is 1.67. The molecule has 0 spiro atoms. The molecule has 0 radical (unpaired) electrons. The van der Waals surface area contributed by atoms with Gasteiger partial charge in [0.2, 0.25) is 0 Å². The lowest BCUT2D eigenvalue weighted by Crippen LogP contribution is -2.62. The second-order valence-corrected chi connectivity index (χ2v) is 6.30. The van der Waals surface area contributed by atoms with Crippen LogP contribution in [0.5, 0.6) is 0 Å². The van der Waals surface area contributed by atoms with Crippen molar-refractivity contribution < 1.29 is 9.84 Å². The smallest absolute Gasteiger partial charge is 0.113 e. The summed E-state index contributed by atoms with van der Waals surface area (Å²) in [5.74, 6) is 0. The van der Waals surface area contributed by atoms with Crippen LogP contribution in [0, 0.1) is 0 Å². The predicted octanol–water partition coefficient (Wildman–Crippen LogP) is 0.325. The van der Waals surface area contributed by atoms with Crippen LogP contribution in [0.1, 0.15) is 11.8 Å². The number of ether oxygens (including phenoxy) is 1. The van der Waals surface area contributed by atoms with Gasteiger partial charge >= 0.3 is 0 Å². The first-order valence-electron chi connectivity index (χ1n) is 7.05. The van der Waals surface area contributed by atoms with Crippen LogP contribution < -0.4 is 0 Å². The maximum absolute atomic E-state index is 10.8. The fourth-order valence-electron chi connectivity index (χ4n) is 3.16. The summed E-state index contributed by atoms with van der Waals surface area (Å²) >= 11 is 3.51. The van der Waals surface area contributed by atoms with Gasteiger partial charge in [-0.25, -0.2) is 0 Å². The van der Waals surface area contributed by atoms with E-state index in [1.165, 1.54) is 0 Å². The van der Waals surface area contributed by atoms with Gasteiger partial charge in [0.15, 0.2) is 0 Å². The van der Waals surface area contributed by atoms with Crippen LogP contribution in [0.4, 0.5) is 0 Å². The number of rotatable bonds is 5. The Balaban J connectivity index is 1.79. The summed E-state index contributed by atoms with van der Waals surface area (Å²) in [6.07, 6.45) is 1.23. The number of piperazine rings is 3. The summed E-state index contributed by atoms with van der Waals surface area (Å²) in [5.41, 5.74) is 0.862. The lowest BCUT2D eigenvalue weighted by atomic mass is 10.00. The quantitative estimate of drug-likeness (QED) is 0.833. The third kappa shape index (κ3) is 2.65. The molecule has 0 aromatic carbocycles. The van der Waals surface area contributed by atoms with Crippen LogP contribution in [0.25, 0.3) is 0 Å². The molecule has 6 nitrogen and oxygen atoms in total. The Morgan fingerprint density at radius 3 is 2.80 bits per heavy atom. The normalized spacial score (nSPS) is 30.6. The van der Waals surface area contributed by atoms with Gasteiger partial charge in [0.1, 0.15) is 6.10 Å². The van der Waals surface area contributed by atoms with Crippen LogP contribution >= 0.6 is 15.9 Å². The van der Waals surface area contributed by atoms with Crippen molar-refractivity contribution in [1.82, 2.24) is 19.6 Å². The topological polar surface area (TPSA) is 53.8 Å². The lowest BCUT2D eigenvalue weighted by Gasteiger charge is -2.49. The summed E-state index contributed by atoms with van der Waals surface area (Å²) in [6, 6.07) is 0.159. The predicted molar refractivity (Wildman–Crippen MR) is 78.6 cm³/mol. The number of hydrogen-bond acceptors (Lipinski definition) is 5. The van der Waals surface area contributed by atoms with Gasteiger partial charge in [-0.3, -0.25) is 14.5 Å². The van der Waals surface area contributed by atoms with Crippen molar-refractivity contribution in [2.24, 2.45) is 0 Å². The molecule has 1 aromatic heterocycles. The number of hydrogen-bond donors (Lipinski definition) is 1. The summed E-state index contributed by atoms with van der Waals surface area (Å²) in [4.78, 5) is 4.82. The highest BCUT2D eigenvalue weighted by Gasteiger charge is 2.38. The zero-order valence-electron chi connectivity index (χ0n) is 11.7. The van der Waals surface area contributed by atoms with Crippen LogP contribution in [-0.2, 0) is 11.3 Å². The van der Waals surface area contributed by atoms with Crippen molar-refractivity contribution in [2.75, 3.05) is 46.4 Å². The highest BCUT2D eigenvalue weighted by Crippen LogP contribution is 2.31.